The molecule has 1 amide bonds. The third kappa shape index (κ3) is 2.47. The zero-order valence-corrected chi connectivity index (χ0v) is 7.64. The van der Waals surface area contributed by atoms with Crippen molar-refractivity contribution in [3.63, 3.8) is 0 Å². The number of ether oxygens (including phenoxy) is 2. The van der Waals surface area contributed by atoms with E-state index in [-0.39, 0.29) is 17.7 Å². The van der Waals surface area contributed by atoms with E-state index in [1.54, 1.807) is 0 Å². The smallest absolute Gasteiger partial charge is 0.411 e. The zero-order chi connectivity index (χ0) is 10.6. The number of methoxy groups -OCH3 is 2. The van der Waals surface area contributed by atoms with E-state index in [4.69, 9.17) is 14.6 Å². The molecule has 0 atom stereocenters. The molecule has 0 aliphatic carbocycles. The van der Waals surface area contributed by atoms with Gasteiger partial charge in [0.2, 0.25) is 17.7 Å². The highest BCUT2D eigenvalue weighted by Crippen LogP contribution is 2.16. The van der Waals surface area contributed by atoms with Crippen molar-refractivity contribution in [1.29, 1.82) is 0 Å². The summed E-state index contributed by atoms with van der Waals surface area (Å²) in [5, 5.41) is 10.4. The summed E-state index contributed by atoms with van der Waals surface area (Å²) in [7, 11) is 2.82. The van der Waals surface area contributed by atoms with Crippen LogP contribution < -0.4 is 14.8 Å². The fourth-order valence-corrected chi connectivity index (χ4v) is 0.765. The number of rotatable bonds is 3. The molecule has 7 nitrogen and oxygen atoms in total. The Morgan fingerprint density at radius 2 is 1.86 bits per heavy atom. The van der Waals surface area contributed by atoms with Crippen molar-refractivity contribution in [2.24, 2.45) is 0 Å². The quantitative estimate of drug-likeness (QED) is 0.739. The second-order valence-corrected chi connectivity index (χ2v) is 2.21. The lowest BCUT2D eigenvalue weighted by molar-refractivity contribution is 0.209. The van der Waals surface area contributed by atoms with E-state index in [9.17, 15) is 4.79 Å². The molecule has 7 heteroatoms. The van der Waals surface area contributed by atoms with Gasteiger partial charge in [0.25, 0.3) is 0 Å². The molecule has 1 aromatic rings. The first-order valence-electron chi connectivity index (χ1n) is 3.62. The van der Waals surface area contributed by atoms with Gasteiger partial charge in [-0.25, -0.2) is 4.79 Å². The van der Waals surface area contributed by atoms with E-state index in [0.717, 1.165) is 0 Å². The van der Waals surface area contributed by atoms with Crippen LogP contribution in [0.5, 0.6) is 11.8 Å². The van der Waals surface area contributed by atoms with Crippen molar-refractivity contribution < 1.29 is 19.4 Å². The number of aromatic nitrogens is 2. The predicted molar refractivity (Wildman–Crippen MR) is 46.8 cm³/mol. The Morgan fingerprint density at radius 1 is 1.36 bits per heavy atom. The van der Waals surface area contributed by atoms with Crippen molar-refractivity contribution in [3.05, 3.63) is 6.07 Å². The van der Waals surface area contributed by atoms with E-state index >= 15 is 0 Å². The monoisotopic (exact) mass is 199 g/mol. The normalized spacial score (nSPS) is 9.29. The molecule has 0 saturated heterocycles. The van der Waals surface area contributed by atoms with E-state index in [1.807, 2.05) is 5.32 Å². The highest BCUT2D eigenvalue weighted by Gasteiger charge is 2.06. The zero-order valence-electron chi connectivity index (χ0n) is 7.64. The molecule has 0 radical (unpaired) electrons. The van der Waals surface area contributed by atoms with Crippen LogP contribution in [0.4, 0.5) is 10.7 Å². The maximum atomic E-state index is 10.3. The van der Waals surface area contributed by atoms with Crippen molar-refractivity contribution >= 4 is 12.0 Å². The Balaban J connectivity index is 2.98. The van der Waals surface area contributed by atoms with Crippen LogP contribution in [0.25, 0.3) is 0 Å². The molecule has 1 heterocycles. The number of hydrogen-bond donors (Lipinski definition) is 2. The highest BCUT2D eigenvalue weighted by molar-refractivity contribution is 5.80. The summed E-state index contributed by atoms with van der Waals surface area (Å²) in [5.41, 5.74) is 0. The van der Waals surface area contributed by atoms with Gasteiger partial charge in [-0.1, -0.05) is 0 Å². The summed E-state index contributed by atoms with van der Waals surface area (Å²) in [6, 6.07) is 1.44. The van der Waals surface area contributed by atoms with Gasteiger partial charge in [0.1, 0.15) is 0 Å². The fourth-order valence-electron chi connectivity index (χ4n) is 0.765. The number of carbonyl (C=O) groups is 1. The lowest BCUT2D eigenvalue weighted by Gasteiger charge is -2.04. The van der Waals surface area contributed by atoms with Gasteiger partial charge in [0.15, 0.2) is 0 Å². The first kappa shape index (κ1) is 10.0. The number of carboxylic acid groups (broad SMARTS) is 1. The Morgan fingerprint density at radius 3 is 2.21 bits per heavy atom. The average molecular weight is 199 g/mol. The number of hydrogen-bond acceptors (Lipinski definition) is 5. The minimum Gasteiger partial charge on any atom is -0.481 e. The van der Waals surface area contributed by atoms with Crippen molar-refractivity contribution in [1.82, 2.24) is 9.97 Å². The van der Waals surface area contributed by atoms with Gasteiger partial charge >= 0.3 is 6.09 Å². The van der Waals surface area contributed by atoms with Gasteiger partial charge in [-0.15, -0.1) is 0 Å². The third-order valence-corrected chi connectivity index (χ3v) is 1.32. The summed E-state index contributed by atoms with van der Waals surface area (Å²) in [4.78, 5) is 17.8. The lowest BCUT2D eigenvalue weighted by Crippen LogP contribution is -2.11. The van der Waals surface area contributed by atoms with Crippen LogP contribution >= 0.6 is 0 Å². The Bertz CT molecular complexity index is 319. The molecule has 0 bridgehead atoms. The minimum absolute atomic E-state index is 0.0892. The molecule has 0 spiro atoms. The molecule has 2 N–H and O–H groups in total. The maximum Gasteiger partial charge on any atom is 0.411 e. The molecule has 76 valence electrons. The molecular formula is C7H9N3O4. The van der Waals surface area contributed by atoms with E-state index in [2.05, 4.69) is 9.97 Å². The molecule has 0 aliphatic heterocycles. The Hall–Kier alpha value is -2.05. The van der Waals surface area contributed by atoms with Crippen LogP contribution in [0.15, 0.2) is 6.07 Å². The molecule has 1 rings (SSSR count). The molecule has 0 fully saturated rings. The number of nitrogens with zero attached hydrogens (tertiary/aromatic N) is 2. The molecule has 14 heavy (non-hydrogen) atoms. The number of nitrogens with one attached hydrogen (secondary N) is 1. The van der Waals surface area contributed by atoms with Crippen LogP contribution in [0, 0.1) is 0 Å². The largest absolute Gasteiger partial charge is 0.481 e. The minimum atomic E-state index is -1.25. The standard InChI is InChI=1S/C7H9N3O4/c1-13-4-3-5(14-2)9-6(8-4)10-7(11)12/h3H,1-2H3,(H,11,12)(H,8,9,10). The summed E-state index contributed by atoms with van der Waals surface area (Å²) in [6.45, 7) is 0. The van der Waals surface area contributed by atoms with Crippen LogP contribution in [0.3, 0.4) is 0 Å². The van der Waals surface area contributed by atoms with Gasteiger partial charge in [0.05, 0.1) is 20.3 Å². The summed E-state index contributed by atoms with van der Waals surface area (Å²) in [6.07, 6.45) is -1.25. The van der Waals surface area contributed by atoms with Gasteiger partial charge in [-0.05, 0) is 0 Å². The van der Waals surface area contributed by atoms with Gasteiger partial charge in [-0.3, -0.25) is 5.32 Å². The molecule has 0 unspecified atom stereocenters. The number of amides is 1. The summed E-state index contributed by atoms with van der Waals surface area (Å²) in [5.74, 6) is 0.356. The molecule has 0 saturated carbocycles. The summed E-state index contributed by atoms with van der Waals surface area (Å²) < 4.78 is 9.63. The first-order chi connectivity index (χ1) is 6.65. The van der Waals surface area contributed by atoms with Crippen LogP contribution in [-0.4, -0.2) is 35.4 Å². The number of anilines is 1. The SMILES string of the molecule is COc1cc(OC)nc(NC(=O)O)n1. The molecule has 1 aromatic heterocycles. The van der Waals surface area contributed by atoms with Crippen molar-refractivity contribution in [2.75, 3.05) is 19.5 Å². The van der Waals surface area contributed by atoms with Gasteiger partial charge < -0.3 is 14.6 Å². The van der Waals surface area contributed by atoms with Crippen LogP contribution in [0.1, 0.15) is 0 Å². The van der Waals surface area contributed by atoms with Crippen molar-refractivity contribution in [3.8, 4) is 11.8 Å². The van der Waals surface area contributed by atoms with Crippen LogP contribution in [-0.2, 0) is 0 Å². The van der Waals surface area contributed by atoms with Gasteiger partial charge in [-0.2, -0.15) is 9.97 Å². The average Bonchev–Trinajstić information content (AvgIpc) is 2.16. The maximum absolute atomic E-state index is 10.3. The first-order valence-corrected chi connectivity index (χ1v) is 3.62. The van der Waals surface area contributed by atoms with Crippen molar-refractivity contribution in [2.45, 2.75) is 0 Å². The van der Waals surface area contributed by atoms with Gasteiger partial charge in [0, 0.05) is 0 Å². The van der Waals surface area contributed by atoms with E-state index in [1.165, 1.54) is 20.3 Å². The topological polar surface area (TPSA) is 93.6 Å². The van der Waals surface area contributed by atoms with E-state index in [0.29, 0.717) is 0 Å². The lowest BCUT2D eigenvalue weighted by atomic mass is 10.6. The fraction of sp³-hybridized carbons (Fsp3) is 0.286. The second kappa shape index (κ2) is 4.26. The van der Waals surface area contributed by atoms with E-state index < -0.39 is 6.09 Å². The Kier molecular flexibility index (Phi) is 3.05. The third-order valence-electron chi connectivity index (χ3n) is 1.32. The second-order valence-electron chi connectivity index (χ2n) is 2.21. The molecule has 0 aromatic carbocycles. The van der Waals surface area contributed by atoms with Crippen LogP contribution in [0.2, 0.25) is 0 Å². The Labute approximate surface area is 79.7 Å². The highest BCUT2D eigenvalue weighted by atomic mass is 16.5. The molecular weight excluding hydrogens is 190 g/mol. The predicted octanol–water partition coefficient (Wildman–Crippen LogP) is 0.584. The molecule has 0 aliphatic rings. The summed E-state index contributed by atoms with van der Waals surface area (Å²) >= 11 is 0.